The Balaban J connectivity index is 2.50. The van der Waals surface area contributed by atoms with Crippen LogP contribution in [0.3, 0.4) is 0 Å². The summed E-state index contributed by atoms with van der Waals surface area (Å²) in [5.41, 5.74) is 0.814. The maximum absolute atomic E-state index is 5.30. The number of hydrogen-bond donors (Lipinski definition) is 0. The molecule has 0 radical (unpaired) electrons. The summed E-state index contributed by atoms with van der Waals surface area (Å²) >= 11 is 0. The van der Waals surface area contributed by atoms with Crippen molar-refractivity contribution >= 4 is 12.0 Å². The number of rotatable bonds is 0. The molecular formula is C8H5N3O. The summed E-state index contributed by atoms with van der Waals surface area (Å²) in [6.07, 6.45) is 1.53. The Labute approximate surface area is 67.9 Å². The summed E-state index contributed by atoms with van der Waals surface area (Å²) in [7, 11) is 0. The average Bonchev–Trinajstić information content (AvgIpc) is 2.71. The maximum Gasteiger partial charge on any atom is 0.180 e. The third kappa shape index (κ3) is 0.592. The second-order valence-electron chi connectivity index (χ2n) is 2.59. The molecule has 0 N–H and O–H groups in total. The molecule has 12 heavy (non-hydrogen) atoms. The number of nitrogens with zero attached hydrogens (tertiary/aromatic N) is 3. The number of aliphatic imine (C=N–C) groups is 1. The third-order valence-corrected chi connectivity index (χ3v) is 1.92. The molecule has 0 fully saturated rings. The SMILES string of the molecule is C1=Nc2c3c(ccc2=N1)=NCO3. The van der Waals surface area contributed by atoms with Crippen molar-refractivity contribution in [3.05, 3.63) is 22.8 Å². The van der Waals surface area contributed by atoms with Crippen LogP contribution in [0.4, 0.5) is 5.69 Å². The van der Waals surface area contributed by atoms with Gasteiger partial charge in [0.15, 0.2) is 12.5 Å². The van der Waals surface area contributed by atoms with Crippen molar-refractivity contribution in [3.63, 3.8) is 0 Å². The Hall–Kier alpha value is -1.71. The number of benzene rings is 1. The summed E-state index contributed by atoms with van der Waals surface area (Å²) < 4.78 is 5.30. The molecule has 58 valence electrons. The van der Waals surface area contributed by atoms with Gasteiger partial charge in [-0.15, -0.1) is 0 Å². The van der Waals surface area contributed by atoms with Crippen LogP contribution in [0.2, 0.25) is 0 Å². The van der Waals surface area contributed by atoms with Crippen molar-refractivity contribution in [1.82, 2.24) is 0 Å². The van der Waals surface area contributed by atoms with E-state index in [1.807, 2.05) is 12.1 Å². The minimum atomic E-state index is 0.404. The van der Waals surface area contributed by atoms with Crippen LogP contribution in [-0.2, 0) is 0 Å². The molecule has 0 aliphatic carbocycles. The van der Waals surface area contributed by atoms with E-state index in [-0.39, 0.29) is 0 Å². The van der Waals surface area contributed by atoms with Gasteiger partial charge in [-0.05, 0) is 12.1 Å². The van der Waals surface area contributed by atoms with Crippen LogP contribution in [0.15, 0.2) is 27.1 Å². The van der Waals surface area contributed by atoms with Gasteiger partial charge in [-0.1, -0.05) is 0 Å². The monoisotopic (exact) mass is 159 g/mol. The number of fused-ring (bicyclic) bond motifs is 3. The van der Waals surface area contributed by atoms with Gasteiger partial charge in [0, 0.05) is 0 Å². The van der Waals surface area contributed by atoms with E-state index in [2.05, 4.69) is 15.0 Å². The maximum atomic E-state index is 5.30. The highest BCUT2D eigenvalue weighted by molar-refractivity contribution is 5.70. The molecule has 0 atom stereocenters. The molecule has 1 aromatic rings. The second-order valence-corrected chi connectivity index (χ2v) is 2.59. The quantitative estimate of drug-likeness (QED) is 0.523. The van der Waals surface area contributed by atoms with E-state index in [1.165, 1.54) is 6.34 Å². The Morgan fingerprint density at radius 3 is 3.17 bits per heavy atom. The molecule has 0 saturated carbocycles. The third-order valence-electron chi connectivity index (χ3n) is 1.92. The predicted octanol–water partition coefficient (Wildman–Crippen LogP) is -0.0509. The Morgan fingerprint density at radius 2 is 2.17 bits per heavy atom. The summed E-state index contributed by atoms with van der Waals surface area (Å²) in [5.74, 6) is 0.769. The van der Waals surface area contributed by atoms with Crippen molar-refractivity contribution in [1.29, 1.82) is 0 Å². The first-order chi connectivity index (χ1) is 5.95. The van der Waals surface area contributed by atoms with Gasteiger partial charge in [-0.2, -0.15) is 0 Å². The largest absolute Gasteiger partial charge is 0.467 e. The van der Waals surface area contributed by atoms with Crippen molar-refractivity contribution in [2.75, 3.05) is 6.73 Å². The Bertz CT molecular complexity index is 490. The molecule has 0 unspecified atom stereocenters. The molecule has 4 nitrogen and oxygen atoms in total. The normalized spacial score (nSPS) is 16.0. The first-order valence-electron chi connectivity index (χ1n) is 3.66. The van der Waals surface area contributed by atoms with Crippen molar-refractivity contribution < 1.29 is 4.74 Å². The van der Waals surface area contributed by atoms with Crippen LogP contribution in [0.1, 0.15) is 0 Å². The standard InChI is InChI=1S/C8H5N3O/c1-2-6-8(12-4-11-6)7-5(1)9-3-10-7/h1-3H,4H2. The molecule has 2 heterocycles. The van der Waals surface area contributed by atoms with Crippen LogP contribution in [0.25, 0.3) is 0 Å². The van der Waals surface area contributed by atoms with Crippen LogP contribution in [0.5, 0.6) is 5.75 Å². The molecule has 2 aliphatic rings. The van der Waals surface area contributed by atoms with E-state index in [1.54, 1.807) is 0 Å². The zero-order chi connectivity index (χ0) is 7.97. The summed E-state index contributed by atoms with van der Waals surface area (Å²) in [6, 6.07) is 3.80. The fourth-order valence-electron chi connectivity index (χ4n) is 1.36. The molecule has 3 rings (SSSR count). The van der Waals surface area contributed by atoms with Gasteiger partial charge in [0.25, 0.3) is 0 Å². The van der Waals surface area contributed by atoms with Gasteiger partial charge in [-0.25, -0.2) is 15.0 Å². The smallest absolute Gasteiger partial charge is 0.180 e. The van der Waals surface area contributed by atoms with Crippen molar-refractivity contribution in [2.45, 2.75) is 0 Å². The van der Waals surface area contributed by atoms with Gasteiger partial charge in [-0.3, -0.25) is 0 Å². The fraction of sp³-hybridized carbons (Fsp3) is 0.125. The minimum Gasteiger partial charge on any atom is -0.467 e. The van der Waals surface area contributed by atoms with E-state index in [9.17, 15) is 0 Å². The number of hydrogen-bond acceptors (Lipinski definition) is 4. The highest BCUT2D eigenvalue weighted by atomic mass is 16.5. The fourth-order valence-corrected chi connectivity index (χ4v) is 1.36. The molecule has 1 aromatic carbocycles. The first kappa shape index (κ1) is 5.88. The lowest BCUT2D eigenvalue weighted by Crippen LogP contribution is -2.07. The van der Waals surface area contributed by atoms with E-state index < -0.39 is 0 Å². The molecule has 4 heteroatoms. The highest BCUT2D eigenvalue weighted by Gasteiger charge is 2.13. The van der Waals surface area contributed by atoms with Gasteiger partial charge < -0.3 is 4.74 Å². The number of ether oxygens (including phenoxy) is 1. The van der Waals surface area contributed by atoms with Crippen molar-refractivity contribution in [3.8, 4) is 5.75 Å². The molecular weight excluding hydrogens is 154 g/mol. The second kappa shape index (κ2) is 1.91. The topological polar surface area (TPSA) is 46.3 Å². The van der Waals surface area contributed by atoms with Gasteiger partial charge in [0.2, 0.25) is 0 Å². The molecule has 0 amide bonds. The lowest BCUT2D eigenvalue weighted by Gasteiger charge is -1.96. The summed E-state index contributed by atoms with van der Waals surface area (Å²) in [4.78, 5) is 12.3. The van der Waals surface area contributed by atoms with Crippen molar-refractivity contribution in [2.24, 2.45) is 15.0 Å². The molecule has 2 aliphatic heterocycles. The minimum absolute atomic E-state index is 0.404. The van der Waals surface area contributed by atoms with E-state index >= 15 is 0 Å². The van der Waals surface area contributed by atoms with Crippen LogP contribution < -0.4 is 15.5 Å². The van der Waals surface area contributed by atoms with E-state index in [0.29, 0.717) is 6.73 Å². The first-order valence-corrected chi connectivity index (χ1v) is 3.66. The lowest BCUT2D eigenvalue weighted by atomic mass is 10.3. The molecule has 0 saturated heterocycles. The molecule has 0 aromatic heterocycles. The zero-order valence-corrected chi connectivity index (χ0v) is 6.19. The lowest BCUT2D eigenvalue weighted by molar-refractivity contribution is 0.353. The van der Waals surface area contributed by atoms with Gasteiger partial charge in [0.05, 0.1) is 5.36 Å². The van der Waals surface area contributed by atoms with Crippen LogP contribution in [-0.4, -0.2) is 13.1 Å². The Morgan fingerprint density at radius 1 is 1.25 bits per heavy atom. The average molecular weight is 159 g/mol. The summed E-state index contributed by atoms with van der Waals surface area (Å²) in [6.45, 7) is 0.404. The summed E-state index contributed by atoms with van der Waals surface area (Å²) in [5, 5.41) is 1.74. The zero-order valence-electron chi connectivity index (χ0n) is 6.19. The van der Waals surface area contributed by atoms with Crippen LogP contribution in [0, 0.1) is 0 Å². The van der Waals surface area contributed by atoms with Crippen LogP contribution >= 0.6 is 0 Å². The van der Waals surface area contributed by atoms with Gasteiger partial charge >= 0.3 is 0 Å². The predicted molar refractivity (Wildman–Crippen MR) is 42.4 cm³/mol. The van der Waals surface area contributed by atoms with E-state index in [4.69, 9.17) is 4.74 Å². The van der Waals surface area contributed by atoms with Gasteiger partial charge in [0.1, 0.15) is 17.4 Å². The molecule has 0 spiro atoms. The Kier molecular flexibility index (Phi) is 0.935. The highest BCUT2D eigenvalue weighted by Crippen LogP contribution is 2.21. The van der Waals surface area contributed by atoms with E-state index in [0.717, 1.165) is 22.2 Å². The molecule has 0 bridgehead atoms.